The average molecular weight is 335 g/mol. The minimum atomic E-state index is -0.830. The van der Waals surface area contributed by atoms with Gasteiger partial charge in [0.15, 0.2) is 0 Å². The Labute approximate surface area is 142 Å². The van der Waals surface area contributed by atoms with Crippen molar-refractivity contribution in [1.29, 1.82) is 5.26 Å². The lowest BCUT2D eigenvalue weighted by molar-refractivity contribution is -0.141. The van der Waals surface area contributed by atoms with Gasteiger partial charge in [-0.2, -0.15) is 10.4 Å². The van der Waals surface area contributed by atoms with E-state index in [9.17, 15) is 10.1 Å². The largest absolute Gasteiger partial charge is 0.334 e. The smallest absolute Gasteiger partial charge is 0.243 e. The first-order valence-electron chi connectivity index (χ1n) is 8.41. The second-order valence-electron chi connectivity index (χ2n) is 6.82. The number of hydrogen-bond acceptors (Lipinski definition) is 3. The number of carbonyl (C=O) groups is 1. The number of amides is 1. The van der Waals surface area contributed by atoms with E-state index < -0.39 is 5.41 Å². The van der Waals surface area contributed by atoms with E-state index in [0.29, 0.717) is 24.5 Å². The van der Waals surface area contributed by atoms with E-state index in [2.05, 4.69) is 11.2 Å². The molecule has 5 nitrogen and oxygen atoms in total. The summed E-state index contributed by atoms with van der Waals surface area (Å²) in [5.41, 5.74) is 0.990. The van der Waals surface area contributed by atoms with Crippen molar-refractivity contribution in [1.82, 2.24) is 14.7 Å². The monoisotopic (exact) mass is 334 g/mol. The maximum absolute atomic E-state index is 13.2. The summed E-state index contributed by atoms with van der Waals surface area (Å²) in [5.74, 6) is 0.00141. The first-order chi connectivity index (χ1) is 11.0. The first kappa shape index (κ1) is 16.3. The van der Waals surface area contributed by atoms with Gasteiger partial charge in [-0.1, -0.05) is 30.9 Å². The number of nitrogens with zero attached hydrogens (tertiary/aromatic N) is 4. The van der Waals surface area contributed by atoms with Crippen LogP contribution in [0.5, 0.6) is 0 Å². The SMILES string of the molecule is Cc1nn(C)c(Cl)c1C1CCCN1C(=O)C1(C#N)CCCCC1. The summed E-state index contributed by atoms with van der Waals surface area (Å²) in [6, 6.07) is 2.31. The summed E-state index contributed by atoms with van der Waals surface area (Å²) in [4.78, 5) is 15.1. The van der Waals surface area contributed by atoms with Gasteiger partial charge in [0, 0.05) is 19.2 Å². The average Bonchev–Trinajstić information content (AvgIpc) is 3.12. The van der Waals surface area contributed by atoms with Gasteiger partial charge in [-0.15, -0.1) is 0 Å². The van der Waals surface area contributed by atoms with Gasteiger partial charge < -0.3 is 4.90 Å². The lowest BCUT2D eigenvalue weighted by atomic mass is 9.74. The van der Waals surface area contributed by atoms with Gasteiger partial charge in [0.2, 0.25) is 5.91 Å². The Kier molecular flexibility index (Phi) is 4.37. The standard InChI is InChI=1S/C17H23ClN4O/c1-12-14(15(18)21(2)20-12)13-7-6-10-22(13)16(23)17(11-19)8-4-3-5-9-17/h13H,3-10H2,1-2H3. The third kappa shape index (κ3) is 2.63. The van der Waals surface area contributed by atoms with Crippen molar-refractivity contribution in [3.8, 4) is 6.07 Å². The number of aryl methyl sites for hydroxylation is 2. The summed E-state index contributed by atoms with van der Waals surface area (Å²) >= 11 is 6.42. The van der Waals surface area contributed by atoms with Crippen molar-refractivity contribution in [2.75, 3.05) is 6.54 Å². The van der Waals surface area contributed by atoms with E-state index in [-0.39, 0.29) is 11.9 Å². The lowest BCUT2D eigenvalue weighted by Gasteiger charge is -2.35. The number of nitriles is 1. The van der Waals surface area contributed by atoms with Crippen molar-refractivity contribution in [2.24, 2.45) is 12.5 Å². The van der Waals surface area contributed by atoms with Crippen molar-refractivity contribution in [2.45, 2.75) is 57.9 Å². The summed E-state index contributed by atoms with van der Waals surface area (Å²) in [6.07, 6.45) is 6.25. The van der Waals surface area contributed by atoms with Crippen LogP contribution in [0.3, 0.4) is 0 Å². The van der Waals surface area contributed by atoms with Crippen LogP contribution in [0.15, 0.2) is 0 Å². The highest BCUT2D eigenvalue weighted by Crippen LogP contribution is 2.43. The zero-order chi connectivity index (χ0) is 16.6. The maximum Gasteiger partial charge on any atom is 0.243 e. The molecular weight excluding hydrogens is 312 g/mol. The minimum Gasteiger partial charge on any atom is -0.334 e. The zero-order valence-electron chi connectivity index (χ0n) is 13.8. The van der Waals surface area contributed by atoms with Crippen LogP contribution in [-0.4, -0.2) is 27.1 Å². The summed E-state index contributed by atoms with van der Waals surface area (Å²) in [6.45, 7) is 2.64. The van der Waals surface area contributed by atoms with Gasteiger partial charge in [-0.3, -0.25) is 9.48 Å². The van der Waals surface area contributed by atoms with Crippen LogP contribution in [0.2, 0.25) is 5.15 Å². The van der Waals surface area contributed by atoms with Gasteiger partial charge in [-0.25, -0.2) is 0 Å². The maximum atomic E-state index is 13.2. The number of rotatable bonds is 2. The van der Waals surface area contributed by atoms with Gasteiger partial charge in [-0.05, 0) is 32.6 Å². The molecule has 2 aliphatic rings. The molecule has 0 N–H and O–H groups in total. The molecule has 2 fully saturated rings. The van der Waals surface area contributed by atoms with Crippen molar-refractivity contribution >= 4 is 17.5 Å². The summed E-state index contributed by atoms with van der Waals surface area (Å²) in [5, 5.41) is 14.7. The Morgan fingerprint density at radius 3 is 2.61 bits per heavy atom. The molecule has 1 atom stereocenters. The molecule has 0 spiro atoms. The predicted molar refractivity (Wildman–Crippen MR) is 87.8 cm³/mol. The Hall–Kier alpha value is -1.54. The van der Waals surface area contributed by atoms with E-state index in [1.54, 1.807) is 4.68 Å². The Morgan fingerprint density at radius 2 is 2.04 bits per heavy atom. The molecule has 1 aromatic heterocycles. The van der Waals surface area contributed by atoms with Crippen LogP contribution in [0.25, 0.3) is 0 Å². The van der Waals surface area contributed by atoms with E-state index in [1.165, 1.54) is 0 Å². The van der Waals surface area contributed by atoms with Crippen LogP contribution in [-0.2, 0) is 11.8 Å². The lowest BCUT2D eigenvalue weighted by Crippen LogP contribution is -2.44. The number of likely N-dealkylation sites (tertiary alicyclic amines) is 1. The number of aromatic nitrogens is 2. The highest BCUT2D eigenvalue weighted by Gasteiger charge is 2.46. The van der Waals surface area contributed by atoms with E-state index in [4.69, 9.17) is 11.6 Å². The van der Waals surface area contributed by atoms with E-state index >= 15 is 0 Å². The van der Waals surface area contributed by atoms with Crippen molar-refractivity contribution in [3.63, 3.8) is 0 Å². The second kappa shape index (κ2) is 6.16. The molecule has 1 aliphatic carbocycles. The Bertz CT molecular complexity index is 654. The van der Waals surface area contributed by atoms with Crippen LogP contribution in [0.4, 0.5) is 0 Å². The first-order valence-corrected chi connectivity index (χ1v) is 8.79. The number of hydrogen-bond donors (Lipinski definition) is 0. The quantitative estimate of drug-likeness (QED) is 0.831. The van der Waals surface area contributed by atoms with Crippen LogP contribution in [0.1, 0.15) is 62.2 Å². The third-order valence-electron chi connectivity index (χ3n) is 5.37. The molecule has 1 amide bonds. The highest BCUT2D eigenvalue weighted by atomic mass is 35.5. The van der Waals surface area contributed by atoms with Gasteiger partial charge in [0.1, 0.15) is 10.6 Å². The predicted octanol–water partition coefficient (Wildman–Crippen LogP) is 3.52. The van der Waals surface area contributed by atoms with Crippen molar-refractivity contribution in [3.05, 3.63) is 16.4 Å². The molecule has 2 heterocycles. The molecule has 3 rings (SSSR count). The summed E-state index contributed by atoms with van der Waals surface area (Å²) in [7, 11) is 1.82. The van der Waals surface area contributed by atoms with E-state index in [1.807, 2.05) is 18.9 Å². The van der Waals surface area contributed by atoms with Gasteiger partial charge in [0.05, 0.1) is 17.8 Å². The molecule has 0 radical (unpaired) electrons. The zero-order valence-corrected chi connectivity index (χ0v) is 14.6. The molecule has 1 saturated carbocycles. The normalized spacial score (nSPS) is 23.7. The molecule has 1 unspecified atom stereocenters. The Balaban J connectivity index is 1.92. The van der Waals surface area contributed by atoms with Gasteiger partial charge >= 0.3 is 0 Å². The van der Waals surface area contributed by atoms with Gasteiger partial charge in [0.25, 0.3) is 0 Å². The fourth-order valence-electron chi connectivity index (χ4n) is 4.14. The molecule has 23 heavy (non-hydrogen) atoms. The molecule has 1 aliphatic heterocycles. The molecule has 6 heteroatoms. The third-order valence-corrected chi connectivity index (χ3v) is 5.82. The topological polar surface area (TPSA) is 61.9 Å². The van der Waals surface area contributed by atoms with E-state index in [0.717, 1.165) is 43.4 Å². The molecule has 0 bridgehead atoms. The van der Waals surface area contributed by atoms with Crippen molar-refractivity contribution < 1.29 is 4.79 Å². The molecular formula is C17H23ClN4O. The molecule has 1 saturated heterocycles. The number of halogens is 1. The second-order valence-corrected chi connectivity index (χ2v) is 7.18. The fraction of sp³-hybridized carbons (Fsp3) is 0.706. The molecule has 1 aromatic rings. The minimum absolute atomic E-state index is 0.00141. The van der Waals surface area contributed by atoms with Crippen LogP contribution >= 0.6 is 11.6 Å². The van der Waals surface area contributed by atoms with Crippen LogP contribution in [0, 0.1) is 23.7 Å². The highest BCUT2D eigenvalue weighted by molar-refractivity contribution is 6.30. The number of carbonyl (C=O) groups excluding carboxylic acids is 1. The fourth-order valence-corrected chi connectivity index (χ4v) is 4.44. The molecule has 0 aromatic carbocycles. The molecule has 124 valence electrons. The van der Waals surface area contributed by atoms with Crippen LogP contribution < -0.4 is 0 Å². The summed E-state index contributed by atoms with van der Waals surface area (Å²) < 4.78 is 1.66. The Morgan fingerprint density at radius 1 is 1.35 bits per heavy atom.